The molecule has 0 atom stereocenters. The fourth-order valence-corrected chi connectivity index (χ4v) is 3.89. The Labute approximate surface area is 192 Å². The molecule has 1 saturated heterocycles. The number of carbonyl (C=O) groups is 2. The summed E-state index contributed by atoms with van der Waals surface area (Å²) in [6.07, 6.45) is 0. The molecule has 6 nitrogen and oxygen atoms in total. The molecule has 28 heavy (non-hydrogen) atoms. The van der Waals surface area contributed by atoms with E-state index in [-0.39, 0.29) is 47.7 Å². The van der Waals surface area contributed by atoms with Crippen molar-refractivity contribution in [3.63, 3.8) is 0 Å². The molecular formula is C19H14Cl2N3NaO3. The second-order valence-corrected chi connectivity index (χ2v) is 6.86. The number of aromatic carboxylic acids is 1. The van der Waals surface area contributed by atoms with Crippen LogP contribution in [0.1, 0.15) is 21.6 Å². The van der Waals surface area contributed by atoms with E-state index in [1.807, 2.05) is 30.3 Å². The summed E-state index contributed by atoms with van der Waals surface area (Å²) in [6.45, 7) is 0.250. The van der Waals surface area contributed by atoms with Gasteiger partial charge in [-0.15, -0.1) is 0 Å². The van der Waals surface area contributed by atoms with Gasteiger partial charge in [-0.05, 0) is 17.7 Å². The van der Waals surface area contributed by atoms with Crippen molar-refractivity contribution in [1.29, 1.82) is 0 Å². The van der Waals surface area contributed by atoms with E-state index in [2.05, 4.69) is 15.8 Å². The van der Waals surface area contributed by atoms with Gasteiger partial charge in [0.05, 0.1) is 5.02 Å². The second-order valence-electron chi connectivity index (χ2n) is 6.02. The van der Waals surface area contributed by atoms with Gasteiger partial charge < -0.3 is 10.1 Å². The van der Waals surface area contributed by atoms with Crippen LogP contribution in [0.15, 0.2) is 48.0 Å². The zero-order chi connectivity index (χ0) is 19.1. The number of halogens is 2. The van der Waals surface area contributed by atoms with E-state index in [1.165, 1.54) is 0 Å². The van der Waals surface area contributed by atoms with Crippen LogP contribution in [0.4, 0.5) is 0 Å². The second kappa shape index (κ2) is 8.29. The van der Waals surface area contributed by atoms with Gasteiger partial charge in [0.25, 0.3) is 5.91 Å². The summed E-state index contributed by atoms with van der Waals surface area (Å²) < 4.78 is 0. The third kappa shape index (κ3) is 3.59. The number of hydrazine groups is 1. The summed E-state index contributed by atoms with van der Waals surface area (Å²) in [5.74, 6) is -1.47. The van der Waals surface area contributed by atoms with E-state index in [0.717, 1.165) is 0 Å². The molecule has 4 N–H and O–H groups in total. The van der Waals surface area contributed by atoms with Crippen LogP contribution in [0, 0.1) is 0 Å². The zero-order valence-electron chi connectivity index (χ0n) is 13.8. The van der Waals surface area contributed by atoms with E-state index in [4.69, 9.17) is 23.2 Å². The Hall–Kier alpha value is -1.80. The first kappa shape index (κ1) is 20.9. The Morgan fingerprint density at radius 3 is 2.43 bits per heavy atom. The van der Waals surface area contributed by atoms with Crippen molar-refractivity contribution in [1.82, 2.24) is 15.8 Å². The van der Waals surface area contributed by atoms with E-state index in [1.54, 1.807) is 12.1 Å². The number of nitrogens with one attached hydrogen (secondary N) is 3. The van der Waals surface area contributed by atoms with Gasteiger partial charge in [0, 0.05) is 39.2 Å². The number of hydrogen-bond acceptors (Lipinski definition) is 3. The molecule has 9 heteroatoms. The van der Waals surface area contributed by atoms with Crippen molar-refractivity contribution in [2.24, 2.45) is 0 Å². The fourth-order valence-electron chi connectivity index (χ4n) is 3.30. The Balaban J connectivity index is 0.00000225. The minimum absolute atomic E-state index is 0. The van der Waals surface area contributed by atoms with Gasteiger partial charge in [-0.1, -0.05) is 53.5 Å². The Morgan fingerprint density at radius 1 is 1.11 bits per heavy atom. The van der Waals surface area contributed by atoms with Crippen molar-refractivity contribution < 1.29 is 14.7 Å². The van der Waals surface area contributed by atoms with Gasteiger partial charge in [-0.3, -0.25) is 10.2 Å². The molecule has 0 aliphatic carbocycles. The topological polar surface area (TPSA) is 94.2 Å². The average Bonchev–Trinajstić information content (AvgIpc) is 3.21. The number of aromatic amines is 1. The minimum atomic E-state index is -1.16. The van der Waals surface area contributed by atoms with Crippen LogP contribution in [0.5, 0.6) is 0 Å². The maximum atomic E-state index is 12.4. The normalized spacial score (nSPS) is 15.3. The maximum absolute atomic E-state index is 12.4. The van der Waals surface area contributed by atoms with E-state index in [0.29, 0.717) is 43.2 Å². The number of H-pyrrole nitrogens is 1. The average molecular weight is 426 g/mol. The van der Waals surface area contributed by atoms with E-state index in [9.17, 15) is 14.7 Å². The van der Waals surface area contributed by atoms with Gasteiger partial charge in [0.2, 0.25) is 0 Å². The molecule has 1 aliphatic heterocycles. The Kier molecular flexibility index (Phi) is 6.19. The monoisotopic (exact) mass is 425 g/mol. The summed E-state index contributed by atoms with van der Waals surface area (Å²) in [6, 6.07) is 12.3. The molecule has 3 aromatic rings. The van der Waals surface area contributed by atoms with Crippen LogP contribution in [0.3, 0.4) is 0 Å². The first-order chi connectivity index (χ1) is 13.0. The quantitative estimate of drug-likeness (QED) is 0.383. The molecule has 2 heterocycles. The predicted molar refractivity (Wildman–Crippen MR) is 111 cm³/mol. The molecule has 138 valence electrons. The van der Waals surface area contributed by atoms with Gasteiger partial charge >= 0.3 is 35.5 Å². The number of amides is 1. The summed E-state index contributed by atoms with van der Waals surface area (Å²) in [5, 5.41) is 11.0. The first-order valence-corrected chi connectivity index (χ1v) is 8.79. The molecule has 0 spiro atoms. The van der Waals surface area contributed by atoms with Crippen LogP contribution < -0.4 is 10.9 Å². The summed E-state index contributed by atoms with van der Waals surface area (Å²) in [4.78, 5) is 27.3. The molecule has 1 aromatic heterocycles. The van der Waals surface area contributed by atoms with Crippen LogP contribution in [-0.2, 0) is 4.79 Å². The van der Waals surface area contributed by atoms with E-state index < -0.39 is 5.97 Å². The van der Waals surface area contributed by atoms with Gasteiger partial charge in [-0.25, -0.2) is 10.2 Å². The van der Waals surface area contributed by atoms with Crippen molar-refractivity contribution in [3.8, 4) is 0 Å². The van der Waals surface area contributed by atoms with E-state index >= 15 is 0 Å². The zero-order valence-corrected chi connectivity index (χ0v) is 15.3. The molecule has 0 saturated carbocycles. The van der Waals surface area contributed by atoms with Gasteiger partial charge in [0.15, 0.2) is 0 Å². The van der Waals surface area contributed by atoms with Gasteiger partial charge in [0.1, 0.15) is 5.69 Å². The predicted octanol–water partition coefficient (Wildman–Crippen LogP) is 2.96. The molecule has 0 unspecified atom stereocenters. The SMILES string of the molecule is O=C1NNCC1=C(c1ccccc1)c1c(C(=O)O)[nH]c2cc(Cl)cc(Cl)c12.[NaH]. The van der Waals surface area contributed by atoms with Crippen LogP contribution in [-0.4, -0.2) is 58.1 Å². The number of benzene rings is 2. The number of carbonyl (C=O) groups excluding carboxylic acids is 1. The van der Waals surface area contributed by atoms with Crippen molar-refractivity contribution in [2.75, 3.05) is 6.54 Å². The molecule has 2 aromatic carbocycles. The molecular weight excluding hydrogens is 412 g/mol. The third-order valence-corrected chi connectivity index (χ3v) is 4.90. The molecule has 4 rings (SSSR count). The molecule has 0 bridgehead atoms. The number of aromatic nitrogens is 1. The number of rotatable bonds is 3. The van der Waals surface area contributed by atoms with Crippen LogP contribution in [0.2, 0.25) is 10.0 Å². The first-order valence-electron chi connectivity index (χ1n) is 8.03. The number of carboxylic acid groups (broad SMARTS) is 1. The molecule has 1 fully saturated rings. The van der Waals surface area contributed by atoms with Crippen molar-refractivity contribution in [2.45, 2.75) is 0 Å². The number of carboxylic acids is 1. The summed E-state index contributed by atoms with van der Waals surface area (Å²) in [5.41, 5.74) is 7.76. The molecule has 1 aliphatic rings. The van der Waals surface area contributed by atoms with Gasteiger partial charge in [-0.2, -0.15) is 0 Å². The number of hydrogen-bond donors (Lipinski definition) is 4. The van der Waals surface area contributed by atoms with Crippen molar-refractivity contribution >= 4 is 81.1 Å². The molecule has 1 amide bonds. The standard InChI is InChI=1S/C19H13Cl2N3O3.Na.H/c20-10-6-12(21)15-13(7-10)23-17(19(26)27)16(15)14(9-4-2-1-3-5-9)11-8-22-24-18(11)25;;/h1-7,22-23H,8H2,(H,24,25)(H,26,27);;. The number of fused-ring (bicyclic) bond motifs is 1. The molecule has 0 radical (unpaired) electrons. The Morgan fingerprint density at radius 2 is 1.82 bits per heavy atom. The summed E-state index contributed by atoms with van der Waals surface area (Å²) in [7, 11) is 0. The fraction of sp³-hybridized carbons (Fsp3) is 0.0526. The van der Waals surface area contributed by atoms with Crippen LogP contribution >= 0.6 is 23.2 Å². The third-order valence-electron chi connectivity index (χ3n) is 4.38. The van der Waals surface area contributed by atoms with Crippen molar-refractivity contribution in [3.05, 3.63) is 74.9 Å². The summed E-state index contributed by atoms with van der Waals surface area (Å²) >= 11 is 12.5. The van der Waals surface area contributed by atoms with Crippen LogP contribution in [0.25, 0.3) is 16.5 Å². The Bertz CT molecular complexity index is 1130.